The molecule has 18 heavy (non-hydrogen) atoms. The van der Waals surface area contributed by atoms with Gasteiger partial charge in [-0.2, -0.15) is 0 Å². The van der Waals surface area contributed by atoms with Crippen LogP contribution in [0.3, 0.4) is 0 Å². The van der Waals surface area contributed by atoms with Gasteiger partial charge >= 0.3 is 0 Å². The van der Waals surface area contributed by atoms with Crippen molar-refractivity contribution in [3.63, 3.8) is 0 Å². The van der Waals surface area contributed by atoms with E-state index in [4.69, 9.17) is 5.73 Å². The van der Waals surface area contributed by atoms with Gasteiger partial charge in [-0.05, 0) is 19.3 Å². The molecule has 1 aromatic rings. The summed E-state index contributed by atoms with van der Waals surface area (Å²) in [6.07, 6.45) is 3.36. The smallest absolute Gasteiger partial charge is 0.245 e. The number of nitrogens with one attached hydrogen (secondary N) is 1. The third-order valence-electron chi connectivity index (χ3n) is 2.60. The highest BCUT2D eigenvalue weighted by atomic mass is 35.5. The van der Waals surface area contributed by atoms with Crippen molar-refractivity contribution < 1.29 is 4.79 Å². The van der Waals surface area contributed by atoms with Crippen LogP contribution in [0.5, 0.6) is 0 Å². The number of hydrogen-bond donors (Lipinski definition) is 2. The maximum Gasteiger partial charge on any atom is 0.245 e. The molecule has 1 rings (SSSR count). The number of aromatic nitrogens is 1. The number of carbonyl (C=O) groups excluding carboxylic acids is 1. The van der Waals surface area contributed by atoms with Crippen molar-refractivity contribution in [1.82, 2.24) is 4.98 Å². The molecular formula is C12H22ClN3OS. The highest BCUT2D eigenvalue weighted by molar-refractivity contribution is 7.15. The minimum absolute atomic E-state index is 0. The summed E-state index contributed by atoms with van der Waals surface area (Å²) in [4.78, 5) is 17.3. The highest BCUT2D eigenvalue weighted by Crippen LogP contribution is 2.25. The zero-order chi connectivity index (χ0) is 13.1. The molecule has 0 saturated carbocycles. The Morgan fingerprint density at radius 3 is 2.67 bits per heavy atom. The standard InChI is InChI=1S/C12H21N3OS.ClH/c1-5-6-12(4,13)10(16)15-11-14-7-9(17-11)8(2)3;/h7-8H,5-6,13H2,1-4H3,(H,14,15,16);1H. The number of carbonyl (C=O) groups is 1. The van der Waals surface area contributed by atoms with Gasteiger partial charge in [0.25, 0.3) is 0 Å². The fraction of sp³-hybridized carbons (Fsp3) is 0.667. The normalized spacial score (nSPS) is 13.9. The molecule has 3 N–H and O–H groups in total. The average molecular weight is 292 g/mol. The lowest BCUT2D eigenvalue weighted by Crippen LogP contribution is -2.48. The molecule has 1 heterocycles. The maximum absolute atomic E-state index is 11.9. The van der Waals surface area contributed by atoms with E-state index in [1.54, 1.807) is 13.1 Å². The van der Waals surface area contributed by atoms with E-state index in [-0.39, 0.29) is 18.3 Å². The fourth-order valence-electron chi connectivity index (χ4n) is 1.48. The predicted molar refractivity (Wildman–Crippen MR) is 79.6 cm³/mol. The first-order chi connectivity index (χ1) is 7.86. The van der Waals surface area contributed by atoms with Crippen molar-refractivity contribution in [2.75, 3.05) is 5.32 Å². The molecular weight excluding hydrogens is 270 g/mol. The minimum Gasteiger partial charge on any atom is -0.318 e. The van der Waals surface area contributed by atoms with Gasteiger partial charge in [0.1, 0.15) is 0 Å². The monoisotopic (exact) mass is 291 g/mol. The van der Waals surface area contributed by atoms with E-state index >= 15 is 0 Å². The number of rotatable bonds is 5. The van der Waals surface area contributed by atoms with Crippen LogP contribution in [0.1, 0.15) is 51.3 Å². The van der Waals surface area contributed by atoms with E-state index in [1.165, 1.54) is 11.3 Å². The number of thiazole rings is 1. The number of nitrogens with zero attached hydrogens (tertiary/aromatic N) is 1. The Bertz CT molecular complexity index is 390. The van der Waals surface area contributed by atoms with Gasteiger partial charge in [0.05, 0.1) is 5.54 Å². The first-order valence-electron chi connectivity index (χ1n) is 5.93. The summed E-state index contributed by atoms with van der Waals surface area (Å²) in [6.45, 7) is 7.97. The molecule has 4 nitrogen and oxygen atoms in total. The third kappa shape index (κ3) is 4.55. The lowest BCUT2D eigenvalue weighted by molar-refractivity contribution is -0.120. The fourth-order valence-corrected chi connectivity index (χ4v) is 2.30. The van der Waals surface area contributed by atoms with Crippen molar-refractivity contribution in [3.05, 3.63) is 11.1 Å². The molecule has 0 aliphatic rings. The molecule has 0 radical (unpaired) electrons. The topological polar surface area (TPSA) is 68.0 Å². The second-order valence-corrected chi connectivity index (χ2v) is 5.91. The minimum atomic E-state index is -0.821. The lowest BCUT2D eigenvalue weighted by atomic mass is 9.97. The van der Waals surface area contributed by atoms with E-state index in [0.29, 0.717) is 17.5 Å². The Kier molecular flexibility index (Phi) is 6.81. The van der Waals surface area contributed by atoms with Crippen LogP contribution in [0.25, 0.3) is 0 Å². The highest BCUT2D eigenvalue weighted by Gasteiger charge is 2.27. The third-order valence-corrected chi connectivity index (χ3v) is 3.81. The summed E-state index contributed by atoms with van der Waals surface area (Å²) in [6, 6.07) is 0. The Balaban J connectivity index is 0.00000289. The molecule has 6 heteroatoms. The number of nitrogens with two attached hydrogens (primary N) is 1. The van der Waals surface area contributed by atoms with Gasteiger partial charge in [-0.3, -0.25) is 4.79 Å². The van der Waals surface area contributed by atoms with Gasteiger partial charge in [-0.25, -0.2) is 4.98 Å². The summed E-state index contributed by atoms with van der Waals surface area (Å²) in [7, 11) is 0. The first kappa shape index (κ1) is 17.4. The van der Waals surface area contributed by atoms with Crippen molar-refractivity contribution in [3.8, 4) is 0 Å². The van der Waals surface area contributed by atoms with E-state index in [1.807, 2.05) is 6.92 Å². The summed E-state index contributed by atoms with van der Waals surface area (Å²) >= 11 is 1.50. The second-order valence-electron chi connectivity index (χ2n) is 4.84. The first-order valence-corrected chi connectivity index (χ1v) is 6.74. The number of hydrogen-bond acceptors (Lipinski definition) is 4. The molecule has 0 saturated heterocycles. The quantitative estimate of drug-likeness (QED) is 0.876. The van der Waals surface area contributed by atoms with E-state index < -0.39 is 5.54 Å². The van der Waals surface area contributed by atoms with E-state index in [9.17, 15) is 4.79 Å². The van der Waals surface area contributed by atoms with Crippen LogP contribution >= 0.6 is 23.7 Å². The lowest BCUT2D eigenvalue weighted by Gasteiger charge is -2.21. The summed E-state index contributed by atoms with van der Waals surface area (Å²) < 4.78 is 0. The van der Waals surface area contributed by atoms with Crippen LogP contribution in [0.2, 0.25) is 0 Å². The van der Waals surface area contributed by atoms with Gasteiger partial charge in [-0.15, -0.1) is 23.7 Å². The Morgan fingerprint density at radius 2 is 2.22 bits per heavy atom. The zero-order valence-electron chi connectivity index (χ0n) is 11.3. The molecule has 1 amide bonds. The number of amides is 1. The Labute approximate surface area is 119 Å². The van der Waals surface area contributed by atoms with Gasteiger partial charge in [0.2, 0.25) is 5.91 Å². The molecule has 104 valence electrons. The van der Waals surface area contributed by atoms with Gasteiger partial charge in [0, 0.05) is 11.1 Å². The SMILES string of the molecule is CCCC(C)(N)C(=O)Nc1ncc(C(C)C)s1.Cl. The van der Waals surface area contributed by atoms with Crippen molar-refractivity contribution in [2.24, 2.45) is 5.73 Å². The van der Waals surface area contributed by atoms with Crippen LogP contribution in [0.15, 0.2) is 6.20 Å². The molecule has 1 aromatic heterocycles. The van der Waals surface area contributed by atoms with Crippen LogP contribution in [0.4, 0.5) is 5.13 Å². The van der Waals surface area contributed by atoms with Crippen molar-refractivity contribution in [1.29, 1.82) is 0 Å². The molecule has 0 aromatic carbocycles. The van der Waals surface area contributed by atoms with Crippen LogP contribution in [0, 0.1) is 0 Å². The van der Waals surface area contributed by atoms with Gasteiger partial charge in [0.15, 0.2) is 5.13 Å². The van der Waals surface area contributed by atoms with Crippen LogP contribution in [-0.4, -0.2) is 16.4 Å². The summed E-state index contributed by atoms with van der Waals surface area (Å²) in [5.41, 5.74) is 5.13. The summed E-state index contributed by atoms with van der Waals surface area (Å²) in [5.74, 6) is 0.266. The van der Waals surface area contributed by atoms with Gasteiger partial charge < -0.3 is 11.1 Å². The summed E-state index contributed by atoms with van der Waals surface area (Å²) in [5, 5.41) is 3.42. The Hall–Kier alpha value is -0.650. The Morgan fingerprint density at radius 1 is 1.61 bits per heavy atom. The molecule has 0 aliphatic carbocycles. The van der Waals surface area contributed by atoms with Crippen molar-refractivity contribution >= 4 is 34.8 Å². The number of halogens is 1. The molecule has 0 spiro atoms. The molecule has 0 bridgehead atoms. The van der Waals surface area contributed by atoms with E-state index in [2.05, 4.69) is 24.1 Å². The van der Waals surface area contributed by atoms with Crippen molar-refractivity contribution in [2.45, 2.75) is 52.0 Å². The number of anilines is 1. The maximum atomic E-state index is 11.9. The molecule has 1 atom stereocenters. The molecule has 0 aliphatic heterocycles. The van der Waals surface area contributed by atoms with Crippen LogP contribution < -0.4 is 11.1 Å². The van der Waals surface area contributed by atoms with Gasteiger partial charge in [-0.1, -0.05) is 27.2 Å². The largest absolute Gasteiger partial charge is 0.318 e. The average Bonchev–Trinajstić information content (AvgIpc) is 2.66. The van der Waals surface area contributed by atoms with E-state index in [0.717, 1.165) is 11.3 Å². The second kappa shape index (κ2) is 7.07. The zero-order valence-corrected chi connectivity index (χ0v) is 13.0. The van der Waals surface area contributed by atoms with Crippen LogP contribution in [-0.2, 0) is 4.79 Å². The predicted octanol–water partition coefficient (Wildman–Crippen LogP) is 3.14. The molecule has 1 unspecified atom stereocenters. The molecule has 0 fully saturated rings.